The van der Waals surface area contributed by atoms with Crippen LogP contribution in [0.4, 0.5) is 23.8 Å². The van der Waals surface area contributed by atoms with Crippen LogP contribution in [-0.2, 0) is 0 Å². The number of aliphatic hydroxyl groups excluding tert-OH is 1. The number of rotatable bonds is 5. The molecule has 10 nitrogen and oxygen atoms in total. The summed E-state index contributed by atoms with van der Waals surface area (Å²) in [5, 5.41) is 27.3. The van der Waals surface area contributed by atoms with Gasteiger partial charge in [-0.2, -0.15) is 23.5 Å². The number of halogens is 4. The van der Waals surface area contributed by atoms with Gasteiger partial charge in [-0.3, -0.25) is 5.32 Å². The van der Waals surface area contributed by atoms with Gasteiger partial charge in [-0.1, -0.05) is 30.3 Å². The maximum atomic E-state index is 12.1. The molecule has 5 N–H and O–H groups in total. The number of carbonyl (C=O) groups is 1. The summed E-state index contributed by atoms with van der Waals surface area (Å²) in [6, 6.07) is 14.2. The normalized spacial score (nSPS) is 10.8. The minimum atomic E-state index is -4.64. The molecule has 0 aliphatic rings. The number of urea groups is 1. The molecule has 0 spiro atoms. The highest BCUT2D eigenvalue weighted by molar-refractivity contribution is 6.29. The van der Waals surface area contributed by atoms with E-state index in [1.54, 1.807) is 41.0 Å². The Morgan fingerprint density at radius 3 is 2.56 bits per heavy atom. The number of benzene rings is 1. The van der Waals surface area contributed by atoms with E-state index in [0.717, 1.165) is 16.8 Å². The predicted molar refractivity (Wildman–Crippen MR) is 140 cm³/mol. The Morgan fingerprint density at radius 1 is 1.23 bits per heavy atom. The van der Waals surface area contributed by atoms with Crippen LogP contribution in [0, 0.1) is 18.3 Å². The van der Waals surface area contributed by atoms with Gasteiger partial charge < -0.3 is 16.2 Å². The van der Waals surface area contributed by atoms with E-state index in [9.17, 15) is 23.2 Å². The number of aliphatic hydroxyl groups is 1. The van der Waals surface area contributed by atoms with Gasteiger partial charge in [-0.15, -0.1) is 0 Å². The number of anilines is 1. The van der Waals surface area contributed by atoms with Gasteiger partial charge in [0.2, 0.25) is 0 Å². The van der Waals surface area contributed by atoms with Crippen molar-refractivity contribution in [2.24, 2.45) is 5.73 Å². The Hall–Kier alpha value is -4.67. The van der Waals surface area contributed by atoms with Gasteiger partial charge in [0.05, 0.1) is 17.2 Å². The molecule has 202 valence electrons. The molecule has 0 radical (unpaired) electrons. The first kappa shape index (κ1) is 28.9. The van der Waals surface area contributed by atoms with Gasteiger partial charge in [0, 0.05) is 30.5 Å². The number of nitrogens with two attached hydrogens (primary N) is 1. The molecule has 14 heteroatoms. The second-order valence-electron chi connectivity index (χ2n) is 7.93. The lowest BCUT2D eigenvalue weighted by molar-refractivity contribution is -0.119. The van der Waals surface area contributed by atoms with Gasteiger partial charge in [-0.25, -0.2) is 19.3 Å². The van der Waals surface area contributed by atoms with Crippen LogP contribution in [0.1, 0.15) is 11.3 Å². The summed E-state index contributed by atoms with van der Waals surface area (Å²) < 4.78 is 34.1. The molecule has 4 rings (SSSR count). The third kappa shape index (κ3) is 7.44. The average molecular weight is 559 g/mol. The standard InChI is InChI=1S/C22H19ClN8O.C3H3F3O/c1-13-9-16(11-17(23)27-13)19-20(15-4-2-3-14(10-15)12-25)30-31-8-5-18(28-21(19)31)29-22(32)26-7-6-24;1-2(7)3(4,5)6/h2-5,8-11H,6-7,24H2,1H3,(H2,26,28,29,32);7H,1H2. The molecule has 0 aliphatic carbocycles. The number of nitriles is 1. The van der Waals surface area contributed by atoms with Crippen molar-refractivity contribution in [2.75, 3.05) is 18.4 Å². The zero-order valence-electron chi connectivity index (χ0n) is 20.4. The van der Waals surface area contributed by atoms with E-state index in [-0.39, 0.29) is 0 Å². The zero-order chi connectivity index (χ0) is 28.7. The SMILES string of the molecule is C=C(O)C(F)(F)F.Cc1cc(-c2c(-c3cccc(C#N)c3)nn3ccc(NC(=O)NCCN)nc23)cc(Cl)n1. The van der Waals surface area contributed by atoms with Crippen molar-refractivity contribution >= 4 is 29.1 Å². The van der Waals surface area contributed by atoms with Crippen LogP contribution in [0.15, 0.2) is 61.0 Å². The number of allylic oxidation sites excluding steroid dienone is 1. The summed E-state index contributed by atoms with van der Waals surface area (Å²) in [5.41, 5.74) is 10.0. The van der Waals surface area contributed by atoms with Crippen molar-refractivity contribution in [1.82, 2.24) is 24.9 Å². The predicted octanol–water partition coefficient (Wildman–Crippen LogP) is 4.99. The van der Waals surface area contributed by atoms with E-state index >= 15 is 0 Å². The summed E-state index contributed by atoms with van der Waals surface area (Å²) >= 11 is 6.24. The average Bonchev–Trinajstić information content (AvgIpc) is 3.25. The van der Waals surface area contributed by atoms with Crippen molar-refractivity contribution in [3.05, 3.63) is 77.4 Å². The van der Waals surface area contributed by atoms with E-state index in [1.165, 1.54) is 0 Å². The number of fused-ring (bicyclic) bond motifs is 1. The molecule has 0 unspecified atom stereocenters. The summed E-state index contributed by atoms with van der Waals surface area (Å²) in [4.78, 5) is 20.9. The number of carbonyl (C=O) groups excluding carboxylic acids is 1. The lowest BCUT2D eigenvalue weighted by Gasteiger charge is -2.08. The van der Waals surface area contributed by atoms with Crippen LogP contribution in [0.3, 0.4) is 0 Å². The number of nitrogens with zero attached hydrogens (tertiary/aromatic N) is 5. The Balaban J connectivity index is 0.000000532. The van der Waals surface area contributed by atoms with Gasteiger partial charge in [0.25, 0.3) is 0 Å². The van der Waals surface area contributed by atoms with E-state index < -0.39 is 18.0 Å². The molecule has 0 bridgehead atoms. The first-order valence-corrected chi connectivity index (χ1v) is 11.5. The number of alkyl halides is 3. The quantitative estimate of drug-likeness (QED) is 0.199. The fourth-order valence-electron chi connectivity index (χ4n) is 3.32. The molecule has 0 saturated heterocycles. The minimum Gasteiger partial charge on any atom is -0.505 e. The molecule has 3 aromatic heterocycles. The monoisotopic (exact) mass is 558 g/mol. The lowest BCUT2D eigenvalue weighted by Crippen LogP contribution is -2.33. The molecule has 0 saturated carbocycles. The Bertz CT molecular complexity index is 1540. The first-order valence-electron chi connectivity index (χ1n) is 11.2. The van der Waals surface area contributed by atoms with E-state index in [2.05, 4.69) is 33.2 Å². The maximum absolute atomic E-state index is 12.1. The molecule has 4 aromatic rings. The fourth-order valence-corrected chi connectivity index (χ4v) is 3.57. The van der Waals surface area contributed by atoms with E-state index in [0.29, 0.717) is 46.5 Å². The Morgan fingerprint density at radius 2 is 1.95 bits per heavy atom. The number of hydrogen-bond donors (Lipinski definition) is 4. The molecular formula is C25H22ClF3N8O2. The minimum absolute atomic E-state index is 0.333. The van der Waals surface area contributed by atoms with E-state index in [4.69, 9.17) is 27.5 Å². The van der Waals surface area contributed by atoms with Crippen LogP contribution >= 0.6 is 11.6 Å². The molecule has 2 amide bonds. The van der Waals surface area contributed by atoms with Gasteiger partial charge >= 0.3 is 12.2 Å². The second kappa shape index (κ2) is 12.2. The van der Waals surface area contributed by atoms with Crippen LogP contribution in [-0.4, -0.2) is 50.0 Å². The number of pyridine rings is 1. The van der Waals surface area contributed by atoms with Crippen LogP contribution in [0.5, 0.6) is 0 Å². The number of aryl methyl sites for hydroxylation is 1. The largest absolute Gasteiger partial charge is 0.505 e. The first-order chi connectivity index (χ1) is 18.4. The molecule has 1 aromatic carbocycles. The van der Waals surface area contributed by atoms with Crippen LogP contribution in [0.2, 0.25) is 5.15 Å². The smallest absolute Gasteiger partial charge is 0.448 e. The van der Waals surface area contributed by atoms with Crippen LogP contribution in [0.25, 0.3) is 28.0 Å². The highest BCUT2D eigenvalue weighted by Gasteiger charge is 2.31. The summed E-state index contributed by atoms with van der Waals surface area (Å²) in [5.74, 6) is -1.41. The number of hydrogen-bond acceptors (Lipinski definition) is 7. The van der Waals surface area contributed by atoms with Gasteiger partial charge in [0.15, 0.2) is 11.4 Å². The fraction of sp³-hybridized carbons (Fsp3) is 0.160. The zero-order valence-corrected chi connectivity index (χ0v) is 21.2. The van der Waals surface area contributed by atoms with E-state index in [1.807, 2.05) is 19.1 Å². The molecular weight excluding hydrogens is 537 g/mol. The number of aromatic nitrogens is 4. The maximum Gasteiger partial charge on any atom is 0.448 e. The number of nitrogens with one attached hydrogen (secondary N) is 2. The second-order valence-corrected chi connectivity index (χ2v) is 8.32. The molecule has 0 fully saturated rings. The number of amides is 2. The van der Waals surface area contributed by atoms with Crippen molar-refractivity contribution in [3.8, 4) is 28.5 Å². The molecule has 39 heavy (non-hydrogen) atoms. The highest BCUT2D eigenvalue weighted by Crippen LogP contribution is 2.36. The lowest BCUT2D eigenvalue weighted by atomic mass is 10.00. The van der Waals surface area contributed by atoms with Crippen LogP contribution < -0.4 is 16.4 Å². The molecule has 0 atom stereocenters. The highest BCUT2D eigenvalue weighted by atomic mass is 35.5. The summed E-state index contributed by atoms with van der Waals surface area (Å²) in [7, 11) is 0. The molecule has 3 heterocycles. The summed E-state index contributed by atoms with van der Waals surface area (Å²) in [6.45, 7) is 4.78. The van der Waals surface area contributed by atoms with Gasteiger partial charge in [-0.05, 0) is 42.8 Å². The Kier molecular flexibility index (Phi) is 9.08. The topological polar surface area (TPSA) is 154 Å². The van der Waals surface area contributed by atoms with Gasteiger partial charge in [0.1, 0.15) is 16.7 Å². The summed E-state index contributed by atoms with van der Waals surface area (Å²) in [6.07, 6.45) is -2.93. The molecule has 0 aliphatic heterocycles. The van der Waals surface area contributed by atoms with Crippen molar-refractivity contribution < 1.29 is 23.1 Å². The van der Waals surface area contributed by atoms with Crippen molar-refractivity contribution in [3.63, 3.8) is 0 Å². The third-order valence-electron chi connectivity index (χ3n) is 4.96. The van der Waals surface area contributed by atoms with Crippen molar-refractivity contribution in [1.29, 1.82) is 5.26 Å². The van der Waals surface area contributed by atoms with Crippen molar-refractivity contribution in [2.45, 2.75) is 13.1 Å². The third-order valence-corrected chi connectivity index (χ3v) is 5.15. The Labute approximate surface area is 225 Å².